The van der Waals surface area contributed by atoms with E-state index < -0.39 is 0 Å². The minimum absolute atomic E-state index is 0.0775. The van der Waals surface area contributed by atoms with Crippen LogP contribution in [0.25, 0.3) is 0 Å². The summed E-state index contributed by atoms with van der Waals surface area (Å²) in [5, 5.41) is 3.20. The molecular formula is C11H14BrClFNO. The van der Waals surface area contributed by atoms with Gasteiger partial charge in [0.25, 0.3) is 0 Å². The highest BCUT2D eigenvalue weighted by Crippen LogP contribution is 2.14. The van der Waals surface area contributed by atoms with E-state index in [1.807, 2.05) is 6.07 Å². The average molecular weight is 311 g/mol. The number of hydrogen-bond acceptors (Lipinski definition) is 2. The predicted octanol–water partition coefficient (Wildman–Crippen LogP) is 2.93. The largest absolute Gasteiger partial charge is 0.383 e. The molecule has 0 aromatic heterocycles. The molecule has 0 saturated heterocycles. The molecule has 0 radical (unpaired) electrons. The zero-order valence-electron chi connectivity index (χ0n) is 8.97. The molecule has 0 heterocycles. The Labute approximate surface area is 108 Å². The van der Waals surface area contributed by atoms with Gasteiger partial charge in [0.05, 0.1) is 6.61 Å². The third kappa shape index (κ3) is 4.78. The van der Waals surface area contributed by atoms with Gasteiger partial charge in [-0.25, -0.2) is 4.39 Å². The van der Waals surface area contributed by atoms with Gasteiger partial charge in [-0.1, -0.05) is 15.9 Å². The highest BCUT2D eigenvalue weighted by atomic mass is 79.9. The summed E-state index contributed by atoms with van der Waals surface area (Å²) >= 11 is 9.00. The van der Waals surface area contributed by atoms with E-state index in [4.69, 9.17) is 16.3 Å². The van der Waals surface area contributed by atoms with Crippen molar-refractivity contribution in [2.75, 3.05) is 19.6 Å². The third-order valence-electron chi connectivity index (χ3n) is 2.07. The SMILES string of the molecule is COCC(CCl)NCc1cc(F)cc(Br)c1. The lowest BCUT2D eigenvalue weighted by molar-refractivity contribution is 0.172. The Bertz CT molecular complexity index is 318. The monoisotopic (exact) mass is 309 g/mol. The molecule has 1 N–H and O–H groups in total. The molecule has 0 saturated carbocycles. The standard InChI is InChI=1S/C11H14BrClFNO/c1-16-7-11(5-13)15-6-8-2-9(12)4-10(14)3-8/h2-4,11,15H,5-7H2,1H3. The maximum Gasteiger partial charge on any atom is 0.124 e. The molecule has 0 bridgehead atoms. The topological polar surface area (TPSA) is 21.3 Å². The summed E-state index contributed by atoms with van der Waals surface area (Å²) in [7, 11) is 1.63. The first-order chi connectivity index (χ1) is 7.65. The molecule has 0 amide bonds. The summed E-state index contributed by atoms with van der Waals surface area (Å²) in [4.78, 5) is 0. The van der Waals surface area contributed by atoms with E-state index in [1.165, 1.54) is 12.1 Å². The van der Waals surface area contributed by atoms with Crippen LogP contribution in [0.5, 0.6) is 0 Å². The molecule has 0 aliphatic heterocycles. The maximum atomic E-state index is 13.1. The van der Waals surface area contributed by atoms with Crippen molar-refractivity contribution < 1.29 is 9.13 Å². The van der Waals surface area contributed by atoms with Crippen molar-refractivity contribution in [3.8, 4) is 0 Å². The van der Waals surface area contributed by atoms with E-state index in [9.17, 15) is 4.39 Å². The quantitative estimate of drug-likeness (QED) is 0.816. The fourth-order valence-corrected chi connectivity index (χ4v) is 2.05. The van der Waals surface area contributed by atoms with Crippen molar-refractivity contribution in [1.82, 2.24) is 5.32 Å². The van der Waals surface area contributed by atoms with Gasteiger partial charge in [0.2, 0.25) is 0 Å². The summed E-state index contributed by atoms with van der Waals surface area (Å²) in [6.07, 6.45) is 0. The van der Waals surface area contributed by atoms with Gasteiger partial charge in [0.1, 0.15) is 5.82 Å². The van der Waals surface area contributed by atoms with Crippen molar-refractivity contribution in [2.24, 2.45) is 0 Å². The Hall–Kier alpha value is -0.160. The Morgan fingerprint density at radius 2 is 2.25 bits per heavy atom. The van der Waals surface area contributed by atoms with Gasteiger partial charge in [0, 0.05) is 30.0 Å². The summed E-state index contributed by atoms with van der Waals surface area (Å²) in [5.41, 5.74) is 0.873. The van der Waals surface area contributed by atoms with Gasteiger partial charge in [-0.2, -0.15) is 0 Å². The van der Waals surface area contributed by atoms with Gasteiger partial charge in [-0.15, -0.1) is 11.6 Å². The maximum absolute atomic E-state index is 13.1. The second kappa shape index (κ2) is 7.22. The molecule has 0 spiro atoms. The van der Waals surface area contributed by atoms with Gasteiger partial charge in [-0.3, -0.25) is 0 Å². The number of ether oxygens (including phenoxy) is 1. The second-order valence-electron chi connectivity index (χ2n) is 3.47. The van der Waals surface area contributed by atoms with Crippen LogP contribution in [0.4, 0.5) is 4.39 Å². The summed E-state index contributed by atoms with van der Waals surface area (Å²) in [6, 6.07) is 4.87. The first-order valence-corrected chi connectivity index (χ1v) is 6.21. The number of halogens is 3. The first kappa shape index (κ1) is 13.9. The number of nitrogens with one attached hydrogen (secondary N) is 1. The van der Waals surface area contributed by atoms with E-state index >= 15 is 0 Å². The summed E-state index contributed by atoms with van der Waals surface area (Å²) < 4.78 is 18.8. The smallest absolute Gasteiger partial charge is 0.124 e. The summed E-state index contributed by atoms with van der Waals surface area (Å²) in [6.45, 7) is 1.11. The molecular weight excluding hydrogens is 296 g/mol. The van der Waals surface area contributed by atoms with Crippen molar-refractivity contribution in [3.05, 3.63) is 34.1 Å². The van der Waals surface area contributed by atoms with Gasteiger partial charge >= 0.3 is 0 Å². The van der Waals surface area contributed by atoms with Crippen LogP contribution < -0.4 is 5.32 Å². The Morgan fingerprint density at radius 3 is 2.81 bits per heavy atom. The highest BCUT2D eigenvalue weighted by molar-refractivity contribution is 9.10. The van der Waals surface area contributed by atoms with Crippen LogP contribution in [-0.4, -0.2) is 25.6 Å². The molecule has 0 fully saturated rings. The van der Waals surface area contributed by atoms with Crippen molar-refractivity contribution in [1.29, 1.82) is 0 Å². The predicted molar refractivity (Wildman–Crippen MR) is 67.3 cm³/mol. The fourth-order valence-electron chi connectivity index (χ4n) is 1.33. The summed E-state index contributed by atoms with van der Waals surface area (Å²) in [5.74, 6) is 0.213. The Balaban J connectivity index is 2.52. The van der Waals surface area contributed by atoms with E-state index in [0.29, 0.717) is 19.0 Å². The van der Waals surface area contributed by atoms with Gasteiger partial charge in [0.15, 0.2) is 0 Å². The molecule has 1 aromatic rings. The second-order valence-corrected chi connectivity index (χ2v) is 4.69. The lowest BCUT2D eigenvalue weighted by atomic mass is 10.2. The molecule has 1 atom stereocenters. The van der Waals surface area contributed by atoms with Crippen LogP contribution in [0.15, 0.2) is 22.7 Å². The molecule has 1 rings (SSSR count). The van der Waals surface area contributed by atoms with Crippen molar-refractivity contribution in [3.63, 3.8) is 0 Å². The Kier molecular flexibility index (Phi) is 6.28. The normalized spacial score (nSPS) is 12.8. The van der Waals surface area contributed by atoms with Crippen LogP contribution in [0.3, 0.4) is 0 Å². The third-order valence-corrected chi connectivity index (χ3v) is 2.90. The molecule has 1 unspecified atom stereocenters. The number of hydrogen-bond donors (Lipinski definition) is 1. The highest BCUT2D eigenvalue weighted by Gasteiger charge is 2.06. The van der Waals surface area contributed by atoms with Crippen LogP contribution in [0.1, 0.15) is 5.56 Å². The molecule has 5 heteroatoms. The number of methoxy groups -OCH3 is 1. The molecule has 1 aromatic carbocycles. The number of benzene rings is 1. The van der Waals surface area contributed by atoms with Crippen LogP contribution in [0, 0.1) is 5.82 Å². The van der Waals surface area contributed by atoms with E-state index in [1.54, 1.807) is 7.11 Å². The minimum atomic E-state index is -0.250. The van der Waals surface area contributed by atoms with Crippen LogP contribution >= 0.6 is 27.5 Å². The molecule has 0 aliphatic rings. The number of rotatable bonds is 6. The zero-order chi connectivity index (χ0) is 12.0. The van der Waals surface area contributed by atoms with E-state index in [0.717, 1.165) is 10.0 Å². The fraction of sp³-hybridized carbons (Fsp3) is 0.455. The van der Waals surface area contributed by atoms with E-state index in [-0.39, 0.29) is 11.9 Å². The minimum Gasteiger partial charge on any atom is -0.383 e. The lowest BCUT2D eigenvalue weighted by Crippen LogP contribution is -2.34. The molecule has 16 heavy (non-hydrogen) atoms. The zero-order valence-corrected chi connectivity index (χ0v) is 11.3. The molecule has 0 aliphatic carbocycles. The van der Waals surface area contributed by atoms with Gasteiger partial charge < -0.3 is 10.1 Å². The lowest BCUT2D eigenvalue weighted by Gasteiger charge is -2.15. The van der Waals surface area contributed by atoms with Crippen LogP contribution in [0.2, 0.25) is 0 Å². The van der Waals surface area contributed by atoms with E-state index in [2.05, 4.69) is 21.2 Å². The number of alkyl halides is 1. The molecule has 2 nitrogen and oxygen atoms in total. The first-order valence-electron chi connectivity index (χ1n) is 4.89. The van der Waals surface area contributed by atoms with Crippen molar-refractivity contribution >= 4 is 27.5 Å². The van der Waals surface area contributed by atoms with Crippen LogP contribution in [-0.2, 0) is 11.3 Å². The average Bonchev–Trinajstić information content (AvgIpc) is 2.23. The Morgan fingerprint density at radius 1 is 1.50 bits per heavy atom. The van der Waals surface area contributed by atoms with Gasteiger partial charge in [-0.05, 0) is 23.8 Å². The van der Waals surface area contributed by atoms with Crippen molar-refractivity contribution in [2.45, 2.75) is 12.6 Å². The molecule has 90 valence electrons.